The number of hydrogen-bond acceptors (Lipinski definition) is 3. The summed E-state index contributed by atoms with van der Waals surface area (Å²) in [5.74, 6) is 0. The van der Waals surface area contributed by atoms with Gasteiger partial charge in [0.15, 0.2) is 0 Å². The van der Waals surface area contributed by atoms with E-state index in [1.54, 1.807) is 0 Å². The molecule has 0 unspecified atom stereocenters. The fourth-order valence-corrected chi connectivity index (χ4v) is 9.89. The Bertz CT molecular complexity index is 3220. The molecule has 1 aliphatic carbocycles. The Morgan fingerprint density at radius 2 is 0.938 bits per heavy atom. The van der Waals surface area contributed by atoms with Gasteiger partial charge in [0, 0.05) is 62.7 Å². The quantitative estimate of drug-likeness (QED) is 0.151. The second-order valence-corrected chi connectivity index (χ2v) is 17.5. The third-order valence-corrected chi connectivity index (χ3v) is 13.2. The lowest BCUT2D eigenvalue weighted by molar-refractivity contribution is 0.660. The van der Waals surface area contributed by atoms with E-state index in [4.69, 9.17) is 0 Å². The van der Waals surface area contributed by atoms with E-state index in [9.17, 15) is 0 Å². The second kappa shape index (κ2) is 16.5. The molecule has 11 rings (SSSR count). The average molecular weight is 836 g/mol. The van der Waals surface area contributed by atoms with E-state index in [1.165, 1.54) is 55.5 Å². The van der Waals surface area contributed by atoms with Crippen LogP contribution in [0.3, 0.4) is 0 Å². The van der Waals surface area contributed by atoms with Gasteiger partial charge in [-0.25, -0.2) is 0 Å². The van der Waals surface area contributed by atoms with Gasteiger partial charge >= 0.3 is 0 Å². The van der Waals surface area contributed by atoms with Crippen LogP contribution in [0.5, 0.6) is 0 Å². The van der Waals surface area contributed by atoms with Gasteiger partial charge in [-0.15, -0.1) is 0 Å². The summed E-state index contributed by atoms with van der Waals surface area (Å²) >= 11 is 0. The van der Waals surface area contributed by atoms with Crippen LogP contribution in [0.25, 0.3) is 38.6 Å². The number of rotatable bonds is 8. The second-order valence-electron chi connectivity index (χ2n) is 17.5. The molecule has 312 valence electrons. The van der Waals surface area contributed by atoms with E-state index >= 15 is 0 Å². The van der Waals surface area contributed by atoms with Crippen LogP contribution < -0.4 is 14.7 Å². The van der Waals surface area contributed by atoms with Crippen molar-refractivity contribution in [3.63, 3.8) is 0 Å². The molecule has 9 aromatic rings. The summed E-state index contributed by atoms with van der Waals surface area (Å²) in [5.41, 5.74) is 18.5. The summed E-state index contributed by atoms with van der Waals surface area (Å²) in [6, 6.07) is 77.1. The maximum absolute atomic E-state index is 4.51. The molecule has 65 heavy (non-hydrogen) atoms. The van der Waals surface area contributed by atoms with Crippen LogP contribution in [-0.2, 0) is 5.41 Å². The Balaban J connectivity index is 1.00. The molecule has 0 radical (unpaired) electrons. The van der Waals surface area contributed by atoms with Crippen LogP contribution in [0.2, 0.25) is 0 Å². The Morgan fingerprint density at radius 1 is 0.446 bits per heavy atom. The number of benzene rings is 9. The van der Waals surface area contributed by atoms with Crippen LogP contribution in [-0.4, -0.2) is 6.54 Å². The molecule has 3 nitrogen and oxygen atoms in total. The number of fused-ring (bicyclic) bond motifs is 6. The maximum Gasteiger partial charge on any atom is 0.0572 e. The minimum atomic E-state index is -0.266. The molecular weight excluding hydrogens is 787 g/mol. The monoisotopic (exact) mass is 835 g/mol. The smallest absolute Gasteiger partial charge is 0.0572 e. The highest BCUT2D eigenvalue weighted by molar-refractivity contribution is 6.03. The number of anilines is 8. The van der Waals surface area contributed by atoms with Crippen molar-refractivity contribution in [2.24, 2.45) is 0 Å². The molecule has 0 bridgehead atoms. The predicted molar refractivity (Wildman–Crippen MR) is 277 cm³/mol. The zero-order chi connectivity index (χ0) is 43.9. The summed E-state index contributed by atoms with van der Waals surface area (Å²) in [6.07, 6.45) is 8.60. The molecule has 0 aromatic heterocycles. The minimum Gasteiger partial charge on any atom is -0.337 e. The topological polar surface area (TPSA) is 9.72 Å². The van der Waals surface area contributed by atoms with Gasteiger partial charge in [-0.3, -0.25) is 0 Å². The van der Waals surface area contributed by atoms with Gasteiger partial charge in [-0.2, -0.15) is 0 Å². The van der Waals surface area contributed by atoms with Gasteiger partial charge < -0.3 is 14.7 Å². The van der Waals surface area contributed by atoms with Crippen LogP contribution >= 0.6 is 0 Å². The van der Waals surface area contributed by atoms with Crippen molar-refractivity contribution < 1.29 is 0 Å². The van der Waals surface area contributed by atoms with Gasteiger partial charge in [0.1, 0.15) is 0 Å². The number of para-hydroxylation sites is 2. The SMILES string of the molecule is C=C1/C=C\C=C/CN(c2ccc3c(c2)C(C)(C)c2cc(N(c4ccc(-c5ccccc5)cc4)c4ccc(N(c5ccccc5)c5ccccc5)cc4)ccc2-3)c2c1ccc1ccccc21. The van der Waals surface area contributed by atoms with Gasteiger partial charge in [-0.1, -0.05) is 172 Å². The Labute approximate surface area is 382 Å². The first-order valence-electron chi connectivity index (χ1n) is 22.5. The van der Waals surface area contributed by atoms with E-state index < -0.39 is 0 Å². The number of hydrogen-bond donors (Lipinski definition) is 0. The summed E-state index contributed by atoms with van der Waals surface area (Å²) in [7, 11) is 0. The van der Waals surface area contributed by atoms with Crippen molar-refractivity contribution in [3.05, 3.63) is 260 Å². The van der Waals surface area contributed by atoms with Crippen molar-refractivity contribution in [1.82, 2.24) is 0 Å². The first kappa shape index (κ1) is 39.7. The molecule has 0 saturated carbocycles. The summed E-state index contributed by atoms with van der Waals surface area (Å²) in [4.78, 5) is 7.18. The molecule has 0 fully saturated rings. The molecule has 0 atom stereocenters. The zero-order valence-corrected chi connectivity index (χ0v) is 36.8. The summed E-state index contributed by atoms with van der Waals surface area (Å²) in [6.45, 7) is 10.0. The maximum atomic E-state index is 4.51. The van der Waals surface area contributed by atoms with Crippen LogP contribution in [0.1, 0.15) is 30.5 Å². The number of nitrogens with zero attached hydrogens (tertiary/aromatic N) is 3. The first-order chi connectivity index (χ1) is 31.9. The Kier molecular flexibility index (Phi) is 10.1. The summed E-state index contributed by atoms with van der Waals surface area (Å²) < 4.78 is 0. The van der Waals surface area contributed by atoms with Gasteiger partial charge in [0.2, 0.25) is 0 Å². The van der Waals surface area contributed by atoms with E-state index in [-0.39, 0.29) is 5.41 Å². The lowest BCUT2D eigenvalue weighted by atomic mass is 9.82. The molecule has 9 aromatic carbocycles. The van der Waals surface area contributed by atoms with E-state index in [0.29, 0.717) is 0 Å². The molecule has 0 N–H and O–H groups in total. The molecule has 0 saturated heterocycles. The van der Waals surface area contributed by atoms with Crippen molar-refractivity contribution >= 4 is 61.8 Å². The first-order valence-corrected chi connectivity index (χ1v) is 22.5. The average Bonchev–Trinajstić information content (AvgIpc) is 3.62. The Hall–Kier alpha value is -8.14. The highest BCUT2D eigenvalue weighted by Crippen LogP contribution is 2.53. The fourth-order valence-electron chi connectivity index (χ4n) is 9.89. The zero-order valence-electron chi connectivity index (χ0n) is 36.8. The van der Waals surface area contributed by atoms with Gasteiger partial charge in [0.25, 0.3) is 0 Å². The van der Waals surface area contributed by atoms with Crippen molar-refractivity contribution in [3.8, 4) is 22.3 Å². The normalized spacial score (nSPS) is 14.6. The molecule has 1 heterocycles. The molecule has 1 aliphatic heterocycles. The molecule has 0 amide bonds. The predicted octanol–water partition coefficient (Wildman–Crippen LogP) is 17.0. The molecule has 2 aliphatic rings. The van der Waals surface area contributed by atoms with Crippen LogP contribution in [0, 0.1) is 0 Å². The van der Waals surface area contributed by atoms with Gasteiger partial charge in [0.05, 0.1) is 5.69 Å². The van der Waals surface area contributed by atoms with E-state index in [1.807, 2.05) is 0 Å². The minimum absolute atomic E-state index is 0.266. The van der Waals surface area contributed by atoms with Crippen molar-refractivity contribution in [2.75, 3.05) is 21.2 Å². The number of allylic oxidation sites excluding steroid dienone is 4. The highest BCUT2D eigenvalue weighted by Gasteiger charge is 2.37. The van der Waals surface area contributed by atoms with Crippen LogP contribution in [0.15, 0.2) is 243 Å². The molecule has 3 heteroatoms. The van der Waals surface area contributed by atoms with E-state index in [0.717, 1.165) is 51.8 Å². The standard InChI is InChI=1S/C62H49N3/c1-44-18-8-7-17-41-63(61-55(44)38-29-47-21-15-16-26-56(47)61)53-36-39-57-58-40-37-54(43-60(58)62(2,3)59(57)42-53)65(50-30-27-46(28-31-50)45-19-9-4-10-20-45)52-34-32-51(33-35-52)64(48-22-11-5-12-23-48)49-24-13-6-14-25-49/h4-40,42-43H,1,41H2,2-3H3/b17-7-,18-8-. The Morgan fingerprint density at radius 3 is 1.60 bits per heavy atom. The highest BCUT2D eigenvalue weighted by atomic mass is 15.2. The third kappa shape index (κ3) is 7.22. The lowest BCUT2D eigenvalue weighted by Gasteiger charge is -2.30. The van der Waals surface area contributed by atoms with Gasteiger partial charge in [-0.05, 0) is 129 Å². The van der Waals surface area contributed by atoms with Crippen LogP contribution in [0.4, 0.5) is 45.5 Å². The van der Waals surface area contributed by atoms with E-state index in [2.05, 4.69) is 272 Å². The molecular formula is C62H49N3. The van der Waals surface area contributed by atoms with Crippen molar-refractivity contribution in [1.29, 1.82) is 0 Å². The largest absolute Gasteiger partial charge is 0.337 e. The van der Waals surface area contributed by atoms with Crippen molar-refractivity contribution in [2.45, 2.75) is 19.3 Å². The molecule has 0 spiro atoms. The lowest BCUT2D eigenvalue weighted by Crippen LogP contribution is -2.20. The third-order valence-electron chi connectivity index (χ3n) is 13.2. The fraction of sp³-hybridized carbons (Fsp3) is 0.0645. The summed E-state index contributed by atoms with van der Waals surface area (Å²) in [5, 5.41) is 2.44.